The van der Waals surface area contributed by atoms with Gasteiger partial charge in [-0.1, -0.05) is 42.6 Å². The molecule has 1 saturated heterocycles. The number of rotatable bonds is 6. The van der Waals surface area contributed by atoms with Gasteiger partial charge < -0.3 is 10.2 Å². The topological polar surface area (TPSA) is 67.2 Å². The van der Waals surface area contributed by atoms with Crippen molar-refractivity contribution in [2.45, 2.75) is 52.5 Å². The molecule has 1 N–H and O–H groups in total. The van der Waals surface area contributed by atoms with E-state index in [2.05, 4.69) is 17.3 Å². The number of aromatic nitrogens is 2. The molecule has 0 radical (unpaired) electrons. The molecule has 162 valence electrons. The average molecular weight is 451 g/mol. The van der Waals surface area contributed by atoms with Crippen LogP contribution in [0.15, 0.2) is 29.2 Å². The molecule has 8 heteroatoms. The van der Waals surface area contributed by atoms with Crippen LogP contribution in [0.25, 0.3) is 5.69 Å². The molecule has 1 aromatic heterocycles. The van der Waals surface area contributed by atoms with Crippen LogP contribution in [0.3, 0.4) is 0 Å². The zero-order chi connectivity index (χ0) is 21.8. The molecule has 0 bridgehead atoms. The number of hydrogen-bond acceptors (Lipinski definition) is 4. The van der Waals surface area contributed by atoms with E-state index in [0.29, 0.717) is 22.9 Å². The van der Waals surface area contributed by atoms with Crippen molar-refractivity contribution in [2.24, 2.45) is 5.92 Å². The van der Waals surface area contributed by atoms with Gasteiger partial charge in [0.05, 0.1) is 23.5 Å². The van der Waals surface area contributed by atoms with Crippen LogP contribution in [-0.4, -0.2) is 34.8 Å². The van der Waals surface area contributed by atoms with Gasteiger partial charge in [-0.25, -0.2) is 0 Å². The summed E-state index contributed by atoms with van der Waals surface area (Å²) in [7, 11) is 0. The van der Waals surface area contributed by atoms with E-state index >= 15 is 0 Å². The number of carbonyl (C=O) groups excluding carboxylic acids is 1. The second-order valence-corrected chi connectivity index (χ2v) is 8.76. The smallest absolute Gasteiger partial charge is 0.292 e. The summed E-state index contributed by atoms with van der Waals surface area (Å²) in [6.07, 6.45) is 5.26. The molecule has 1 aromatic carbocycles. The summed E-state index contributed by atoms with van der Waals surface area (Å²) in [5.74, 6) is -0.0696. The third kappa shape index (κ3) is 4.98. The fourth-order valence-electron chi connectivity index (χ4n) is 3.82. The highest BCUT2D eigenvalue weighted by atomic mass is 35.5. The van der Waals surface area contributed by atoms with Crippen LogP contribution in [0.4, 0.5) is 5.69 Å². The van der Waals surface area contributed by atoms with Gasteiger partial charge in [-0.15, -0.1) is 0 Å². The Hall–Kier alpha value is -2.05. The summed E-state index contributed by atoms with van der Waals surface area (Å²) in [4.78, 5) is 27.5. The average Bonchev–Trinajstić information content (AvgIpc) is 2.72. The van der Waals surface area contributed by atoms with Crippen LogP contribution in [0.1, 0.15) is 45.1 Å². The number of anilines is 1. The number of carbonyl (C=O) groups is 1. The normalized spacial score (nSPS) is 17.6. The first-order chi connectivity index (χ1) is 14.3. The lowest BCUT2D eigenvalue weighted by atomic mass is 9.96. The predicted octanol–water partition coefficient (Wildman–Crippen LogP) is 4.37. The Labute approximate surface area is 187 Å². The van der Waals surface area contributed by atoms with Crippen LogP contribution in [0.5, 0.6) is 0 Å². The van der Waals surface area contributed by atoms with Crippen molar-refractivity contribution in [3.63, 3.8) is 0 Å². The van der Waals surface area contributed by atoms with Gasteiger partial charge >= 0.3 is 0 Å². The lowest BCUT2D eigenvalue weighted by Crippen LogP contribution is -2.45. The molecule has 1 amide bonds. The Morgan fingerprint density at radius 1 is 1.37 bits per heavy atom. The number of nitrogens with zero attached hydrogens (tertiary/aromatic N) is 3. The van der Waals surface area contributed by atoms with E-state index in [4.69, 9.17) is 23.2 Å². The molecule has 1 fully saturated rings. The van der Waals surface area contributed by atoms with Crippen molar-refractivity contribution in [1.29, 1.82) is 0 Å². The molecule has 6 nitrogen and oxygen atoms in total. The van der Waals surface area contributed by atoms with Gasteiger partial charge in [-0.05, 0) is 50.8 Å². The highest BCUT2D eigenvalue weighted by Gasteiger charge is 2.28. The first-order valence-corrected chi connectivity index (χ1v) is 11.2. The second kappa shape index (κ2) is 9.84. The first kappa shape index (κ1) is 22.6. The maximum atomic E-state index is 12.9. The molecule has 2 unspecified atom stereocenters. The van der Waals surface area contributed by atoms with E-state index in [1.165, 1.54) is 4.68 Å². The molecule has 1 aliphatic heterocycles. The van der Waals surface area contributed by atoms with Crippen LogP contribution < -0.4 is 15.8 Å². The van der Waals surface area contributed by atoms with Crippen molar-refractivity contribution in [1.82, 2.24) is 15.1 Å². The largest absolute Gasteiger partial charge is 0.368 e. The summed E-state index contributed by atoms with van der Waals surface area (Å²) in [6, 6.07) is 5.47. The monoisotopic (exact) mass is 450 g/mol. The minimum atomic E-state index is -0.405. The first-order valence-electron chi connectivity index (χ1n) is 10.4. The number of hydrogen-bond donors (Lipinski definition) is 1. The van der Waals surface area contributed by atoms with Crippen molar-refractivity contribution in [3.8, 4) is 5.69 Å². The number of halogens is 2. The Bertz CT molecular complexity index is 976. The second-order valence-electron chi connectivity index (χ2n) is 7.98. The minimum absolute atomic E-state index is 0.0624. The summed E-state index contributed by atoms with van der Waals surface area (Å²) < 4.78 is 1.25. The summed E-state index contributed by atoms with van der Waals surface area (Å²) in [5.41, 5.74) is 1.64. The fourth-order valence-corrected chi connectivity index (χ4v) is 4.24. The maximum absolute atomic E-state index is 12.9. The van der Waals surface area contributed by atoms with E-state index < -0.39 is 5.56 Å². The number of amides is 1. The highest BCUT2D eigenvalue weighted by Crippen LogP contribution is 2.28. The SMILES string of the molecule is CCCC(C)NC(=O)C1CCCN(c2cnn(-c3ccc(C)c(Cl)c3)c(=O)c2Cl)C1. The zero-order valence-electron chi connectivity index (χ0n) is 17.6. The van der Waals surface area contributed by atoms with Crippen molar-refractivity contribution in [2.75, 3.05) is 18.0 Å². The summed E-state index contributed by atoms with van der Waals surface area (Å²) in [5, 5.41) is 8.07. The molecule has 0 aliphatic carbocycles. The Morgan fingerprint density at radius 3 is 2.83 bits per heavy atom. The third-order valence-electron chi connectivity index (χ3n) is 5.54. The number of aryl methyl sites for hydroxylation is 1. The molecule has 2 heterocycles. The summed E-state index contributed by atoms with van der Waals surface area (Å²) in [6.45, 7) is 7.28. The van der Waals surface area contributed by atoms with E-state index in [9.17, 15) is 9.59 Å². The maximum Gasteiger partial charge on any atom is 0.292 e. The molecule has 3 rings (SSSR count). The van der Waals surface area contributed by atoms with Gasteiger partial charge in [0.2, 0.25) is 5.91 Å². The van der Waals surface area contributed by atoms with Crippen LogP contribution in [0, 0.1) is 12.8 Å². The lowest BCUT2D eigenvalue weighted by molar-refractivity contribution is -0.125. The Kier molecular flexibility index (Phi) is 7.42. The highest BCUT2D eigenvalue weighted by molar-refractivity contribution is 6.33. The van der Waals surface area contributed by atoms with Crippen molar-refractivity contribution >= 4 is 34.8 Å². The summed E-state index contributed by atoms with van der Waals surface area (Å²) >= 11 is 12.6. The van der Waals surface area contributed by atoms with Gasteiger partial charge in [0.25, 0.3) is 5.56 Å². The van der Waals surface area contributed by atoms with E-state index in [1.807, 2.05) is 24.8 Å². The third-order valence-corrected chi connectivity index (χ3v) is 6.31. The van der Waals surface area contributed by atoms with Gasteiger partial charge in [0.1, 0.15) is 5.02 Å². The number of nitrogens with one attached hydrogen (secondary N) is 1. The standard InChI is InChI=1S/C22H28Cl2N4O2/c1-4-6-15(3)26-21(29)16-7-5-10-27(13-16)19-12-25-28(22(30)20(19)24)17-9-8-14(2)18(23)11-17/h8-9,11-12,15-16H,4-7,10,13H2,1-3H3,(H,26,29). The van der Waals surface area contributed by atoms with Gasteiger partial charge in [-0.3, -0.25) is 9.59 Å². The predicted molar refractivity (Wildman–Crippen MR) is 122 cm³/mol. The van der Waals surface area contributed by atoms with Crippen molar-refractivity contribution in [3.05, 3.63) is 50.4 Å². The Morgan fingerprint density at radius 2 is 2.13 bits per heavy atom. The van der Waals surface area contributed by atoms with Gasteiger partial charge in [0.15, 0.2) is 0 Å². The fraction of sp³-hybridized carbons (Fsp3) is 0.500. The molecule has 0 spiro atoms. The molecule has 2 atom stereocenters. The van der Waals surface area contributed by atoms with E-state index in [0.717, 1.165) is 37.8 Å². The molecule has 30 heavy (non-hydrogen) atoms. The molecular formula is C22H28Cl2N4O2. The van der Waals surface area contributed by atoms with Gasteiger partial charge in [0, 0.05) is 24.2 Å². The quantitative estimate of drug-likeness (QED) is 0.709. The number of benzene rings is 1. The zero-order valence-corrected chi connectivity index (χ0v) is 19.1. The minimum Gasteiger partial charge on any atom is -0.368 e. The Balaban J connectivity index is 1.80. The molecule has 2 aromatic rings. The molecular weight excluding hydrogens is 423 g/mol. The van der Waals surface area contributed by atoms with Crippen LogP contribution in [0.2, 0.25) is 10.0 Å². The van der Waals surface area contributed by atoms with Gasteiger partial charge in [-0.2, -0.15) is 9.78 Å². The number of piperidine rings is 1. The van der Waals surface area contributed by atoms with Crippen LogP contribution in [-0.2, 0) is 4.79 Å². The van der Waals surface area contributed by atoms with Crippen molar-refractivity contribution < 1.29 is 4.79 Å². The molecule has 0 saturated carbocycles. The molecule has 1 aliphatic rings. The lowest BCUT2D eigenvalue weighted by Gasteiger charge is -2.34. The van der Waals surface area contributed by atoms with E-state index in [-0.39, 0.29) is 22.9 Å². The van der Waals surface area contributed by atoms with E-state index in [1.54, 1.807) is 18.3 Å². The van der Waals surface area contributed by atoms with Crippen LogP contribution >= 0.6 is 23.2 Å².